The van der Waals surface area contributed by atoms with E-state index in [0.717, 1.165) is 56.0 Å². The summed E-state index contributed by atoms with van der Waals surface area (Å²) in [7, 11) is 1.56. The molecular weight excluding hydrogens is 558 g/mol. The number of aliphatic hydroxyl groups is 1. The number of nitrogens with one attached hydrogen (secondary N) is 2. The normalized spacial score (nSPS) is 33.5. The molecular formula is C35H43N3O6. The lowest BCUT2D eigenvalue weighted by Gasteiger charge is -2.58. The summed E-state index contributed by atoms with van der Waals surface area (Å²) in [5, 5.41) is 28.8. The second-order valence-corrected chi connectivity index (χ2v) is 13.7. The number of fused-ring (bicyclic) bond motifs is 6. The Bertz CT molecular complexity index is 1580. The fourth-order valence-corrected chi connectivity index (χ4v) is 9.24. The van der Waals surface area contributed by atoms with Gasteiger partial charge in [0.05, 0.1) is 12.8 Å². The molecule has 3 fully saturated rings. The minimum Gasteiger partial charge on any atom is -0.497 e. The van der Waals surface area contributed by atoms with E-state index in [0.29, 0.717) is 47.4 Å². The first-order valence-corrected chi connectivity index (χ1v) is 15.8. The number of benzene rings is 1. The minimum absolute atomic E-state index is 0.107. The van der Waals surface area contributed by atoms with E-state index in [4.69, 9.17) is 16.0 Å². The van der Waals surface area contributed by atoms with E-state index in [9.17, 15) is 19.8 Å². The number of carbonyl (C=O) groups excluding carboxylic acids is 1. The van der Waals surface area contributed by atoms with E-state index in [1.165, 1.54) is 5.57 Å². The first kappa shape index (κ1) is 30.3. The standard InChI is InChI=1S/C35H43N3O6/c1-5-35(42)16-12-28-25-8-6-21-18-22(10-14-33(21,2)27(25)11-15-34(28,35)3)38-44-20-30(39)36-17-13-24-26-19-23(43-4)7-9-29(26)37-31(24)32(40)41/h1,7,9,18-19,25,27-28,37,42H,6,8,10-17,20H2,2-4H3,(H,36,39)(H,40,41)/b38-22-/t25-,27+,28+,33-,34-,35-/m0/s1. The molecule has 6 rings (SSSR count). The molecule has 4 aliphatic carbocycles. The van der Waals surface area contributed by atoms with Crippen LogP contribution in [-0.4, -0.2) is 58.6 Å². The van der Waals surface area contributed by atoms with Gasteiger partial charge in [0.1, 0.15) is 17.0 Å². The fourth-order valence-electron chi connectivity index (χ4n) is 9.24. The van der Waals surface area contributed by atoms with Crippen molar-refractivity contribution in [2.45, 2.75) is 77.2 Å². The molecule has 1 aromatic carbocycles. The van der Waals surface area contributed by atoms with E-state index in [2.05, 4.69) is 41.3 Å². The van der Waals surface area contributed by atoms with Crippen LogP contribution in [0.5, 0.6) is 5.75 Å². The second kappa shape index (κ2) is 11.3. The SMILES string of the molecule is C#C[C@]1(O)CC[C@@H]2[C@H]3CCC4=C/C(=N\OCC(=O)NCCc5c(C(=O)O)[nH]c6ccc(OC)cc56)CC[C@]4(C)[C@@H]3CC[C@@]21C. The number of methoxy groups -OCH3 is 1. The summed E-state index contributed by atoms with van der Waals surface area (Å²) in [6.45, 7) is 4.68. The Hall–Kier alpha value is -3.77. The molecule has 0 aliphatic heterocycles. The Morgan fingerprint density at radius 3 is 2.70 bits per heavy atom. The third-order valence-corrected chi connectivity index (χ3v) is 11.8. The molecule has 0 spiro atoms. The number of amides is 1. The predicted molar refractivity (Wildman–Crippen MR) is 167 cm³/mol. The maximum Gasteiger partial charge on any atom is 0.352 e. The monoisotopic (exact) mass is 601 g/mol. The Morgan fingerprint density at radius 1 is 1.16 bits per heavy atom. The Kier molecular flexibility index (Phi) is 7.77. The zero-order chi connectivity index (χ0) is 31.3. The number of terminal acetylenes is 1. The van der Waals surface area contributed by atoms with Crippen LogP contribution in [0.1, 0.15) is 81.3 Å². The molecule has 0 unspecified atom stereocenters. The quantitative estimate of drug-likeness (QED) is 0.242. The number of carboxylic acids is 1. The first-order valence-electron chi connectivity index (χ1n) is 15.8. The zero-order valence-electron chi connectivity index (χ0n) is 25.9. The summed E-state index contributed by atoms with van der Waals surface area (Å²) in [5.74, 6) is 3.65. The predicted octanol–water partition coefficient (Wildman–Crippen LogP) is 5.23. The number of carboxylic acid groups (broad SMARTS) is 1. The highest BCUT2D eigenvalue weighted by atomic mass is 16.6. The number of aromatic carboxylic acids is 1. The van der Waals surface area contributed by atoms with E-state index in [-0.39, 0.29) is 35.6 Å². The number of carbonyl (C=O) groups is 2. The van der Waals surface area contributed by atoms with Crippen molar-refractivity contribution < 1.29 is 29.4 Å². The molecule has 44 heavy (non-hydrogen) atoms. The third-order valence-electron chi connectivity index (χ3n) is 11.8. The van der Waals surface area contributed by atoms with Crippen LogP contribution in [0, 0.1) is 40.9 Å². The van der Waals surface area contributed by atoms with Crippen molar-refractivity contribution in [1.82, 2.24) is 10.3 Å². The van der Waals surface area contributed by atoms with Gasteiger partial charge < -0.3 is 30.1 Å². The molecule has 9 heteroatoms. The Balaban J connectivity index is 1.04. The van der Waals surface area contributed by atoms with Gasteiger partial charge in [-0.25, -0.2) is 4.79 Å². The first-order chi connectivity index (χ1) is 21.0. The molecule has 1 aromatic heterocycles. The molecule has 234 valence electrons. The van der Waals surface area contributed by atoms with Crippen LogP contribution in [0.4, 0.5) is 0 Å². The summed E-state index contributed by atoms with van der Waals surface area (Å²) in [6.07, 6.45) is 16.0. The van der Waals surface area contributed by atoms with Crippen LogP contribution < -0.4 is 10.1 Å². The lowest BCUT2D eigenvalue weighted by Crippen LogP contribution is -2.54. The van der Waals surface area contributed by atoms with Crippen molar-refractivity contribution in [1.29, 1.82) is 0 Å². The van der Waals surface area contributed by atoms with E-state index >= 15 is 0 Å². The van der Waals surface area contributed by atoms with Gasteiger partial charge in [-0.15, -0.1) is 6.42 Å². The lowest BCUT2D eigenvalue weighted by atomic mass is 9.46. The van der Waals surface area contributed by atoms with Crippen LogP contribution >= 0.6 is 0 Å². The third kappa shape index (κ3) is 4.88. The van der Waals surface area contributed by atoms with Gasteiger partial charge >= 0.3 is 5.97 Å². The van der Waals surface area contributed by atoms with Crippen molar-refractivity contribution >= 4 is 28.5 Å². The van der Waals surface area contributed by atoms with Gasteiger partial charge in [0, 0.05) is 22.9 Å². The van der Waals surface area contributed by atoms with Gasteiger partial charge in [-0.1, -0.05) is 30.5 Å². The molecule has 9 nitrogen and oxygen atoms in total. The average molecular weight is 602 g/mol. The Morgan fingerprint density at radius 2 is 1.95 bits per heavy atom. The van der Waals surface area contributed by atoms with Crippen molar-refractivity contribution in [2.75, 3.05) is 20.3 Å². The summed E-state index contributed by atoms with van der Waals surface area (Å²) in [4.78, 5) is 32.7. The number of allylic oxidation sites excluding steroid dienone is 2. The molecule has 1 amide bonds. The fraction of sp³-hybridized carbons (Fsp3) is 0.571. The Labute approximate surface area is 258 Å². The maximum absolute atomic E-state index is 12.5. The van der Waals surface area contributed by atoms with Crippen LogP contribution in [0.3, 0.4) is 0 Å². The summed E-state index contributed by atoms with van der Waals surface area (Å²) in [5.41, 5.74) is 2.64. The lowest BCUT2D eigenvalue weighted by molar-refractivity contribution is -0.125. The number of aromatic amines is 1. The molecule has 4 aliphatic rings. The number of oxime groups is 1. The number of ether oxygens (including phenoxy) is 1. The summed E-state index contributed by atoms with van der Waals surface area (Å²) >= 11 is 0. The highest BCUT2D eigenvalue weighted by Gasteiger charge is 2.63. The highest BCUT2D eigenvalue weighted by Crippen LogP contribution is 2.67. The topological polar surface area (TPSA) is 133 Å². The van der Waals surface area contributed by atoms with Gasteiger partial charge in [0.2, 0.25) is 0 Å². The maximum atomic E-state index is 12.5. The molecule has 1 heterocycles. The highest BCUT2D eigenvalue weighted by molar-refractivity contribution is 5.98. The molecule has 0 radical (unpaired) electrons. The van der Waals surface area contributed by atoms with Gasteiger partial charge in [-0.05, 0) is 111 Å². The van der Waals surface area contributed by atoms with Gasteiger partial charge in [-0.2, -0.15) is 0 Å². The zero-order valence-corrected chi connectivity index (χ0v) is 25.9. The molecule has 6 atom stereocenters. The van der Waals surface area contributed by atoms with Gasteiger partial charge in [-0.3, -0.25) is 4.79 Å². The van der Waals surface area contributed by atoms with E-state index in [1.54, 1.807) is 25.3 Å². The number of H-pyrrole nitrogens is 1. The molecule has 4 N–H and O–H groups in total. The molecule has 0 bridgehead atoms. The van der Waals surface area contributed by atoms with Crippen molar-refractivity contribution in [2.24, 2.45) is 33.7 Å². The van der Waals surface area contributed by atoms with Crippen molar-refractivity contribution in [3.05, 3.63) is 41.1 Å². The summed E-state index contributed by atoms with van der Waals surface area (Å²) < 4.78 is 5.29. The van der Waals surface area contributed by atoms with Crippen molar-refractivity contribution in [3.8, 4) is 18.1 Å². The number of nitrogens with zero attached hydrogens (tertiary/aromatic N) is 1. The number of rotatable bonds is 8. The van der Waals surface area contributed by atoms with E-state index in [1.807, 2.05) is 0 Å². The van der Waals surface area contributed by atoms with Crippen LogP contribution in [0.15, 0.2) is 35.0 Å². The summed E-state index contributed by atoms with van der Waals surface area (Å²) in [6, 6.07) is 5.35. The number of hydrogen-bond acceptors (Lipinski definition) is 6. The second-order valence-electron chi connectivity index (χ2n) is 13.7. The van der Waals surface area contributed by atoms with Crippen molar-refractivity contribution in [3.63, 3.8) is 0 Å². The van der Waals surface area contributed by atoms with Crippen LogP contribution in [0.25, 0.3) is 10.9 Å². The van der Waals surface area contributed by atoms with Crippen LogP contribution in [0.2, 0.25) is 0 Å². The van der Waals surface area contributed by atoms with E-state index < -0.39 is 11.6 Å². The smallest absolute Gasteiger partial charge is 0.352 e. The number of hydrogen-bond donors (Lipinski definition) is 4. The van der Waals surface area contributed by atoms with Crippen LogP contribution in [-0.2, 0) is 16.1 Å². The molecule has 3 saturated carbocycles. The van der Waals surface area contributed by atoms with Gasteiger partial charge in [0.25, 0.3) is 5.91 Å². The minimum atomic E-state index is -1.05. The average Bonchev–Trinajstić information content (AvgIpc) is 3.51. The largest absolute Gasteiger partial charge is 0.497 e. The molecule has 2 aromatic rings. The number of aromatic nitrogens is 1. The van der Waals surface area contributed by atoms with Gasteiger partial charge in [0.15, 0.2) is 6.61 Å². The molecule has 0 saturated heterocycles.